The molecule has 0 saturated carbocycles. The second kappa shape index (κ2) is 7.91. The molecule has 3 rings (SSSR count). The molecule has 0 spiro atoms. The van der Waals surface area contributed by atoms with E-state index >= 15 is 0 Å². The minimum Gasteiger partial charge on any atom is -0.497 e. The van der Waals surface area contributed by atoms with E-state index in [0.29, 0.717) is 18.6 Å². The summed E-state index contributed by atoms with van der Waals surface area (Å²) in [6.07, 6.45) is 0.695. The topological polar surface area (TPSA) is 44.8 Å². The van der Waals surface area contributed by atoms with E-state index in [2.05, 4.69) is 0 Å². The number of carbonyl (C=O) groups excluding carboxylic acids is 1. The zero-order valence-corrected chi connectivity index (χ0v) is 15.2. The van der Waals surface area contributed by atoms with E-state index in [1.54, 1.807) is 14.2 Å². The number of rotatable bonds is 6. The molecule has 0 unspecified atom stereocenters. The zero-order valence-electron chi connectivity index (χ0n) is 15.2. The molecule has 4 nitrogen and oxygen atoms in total. The molecule has 0 fully saturated rings. The van der Waals surface area contributed by atoms with Crippen LogP contribution in [0, 0.1) is 0 Å². The first-order valence-corrected chi connectivity index (χ1v) is 8.55. The van der Waals surface area contributed by atoms with Crippen molar-refractivity contribution in [2.24, 2.45) is 0 Å². The number of hydrogen-bond donors (Lipinski definition) is 0. The number of esters is 1. The number of benzene rings is 3. The molecule has 4 heteroatoms. The van der Waals surface area contributed by atoms with Crippen molar-refractivity contribution in [2.45, 2.75) is 13.3 Å². The molecule has 0 aromatic heterocycles. The maximum Gasteiger partial charge on any atom is 0.338 e. The van der Waals surface area contributed by atoms with Crippen molar-refractivity contribution in [3.63, 3.8) is 0 Å². The fourth-order valence-electron chi connectivity index (χ4n) is 2.98. The number of methoxy groups -OCH3 is 2. The van der Waals surface area contributed by atoms with Crippen molar-refractivity contribution in [2.75, 3.05) is 20.8 Å². The van der Waals surface area contributed by atoms with Gasteiger partial charge in [0.2, 0.25) is 0 Å². The molecular formula is C22H22O4. The Balaban J connectivity index is 2.07. The average Bonchev–Trinajstić information content (AvgIpc) is 2.68. The van der Waals surface area contributed by atoms with Gasteiger partial charge in [-0.25, -0.2) is 4.79 Å². The maximum absolute atomic E-state index is 12.2. The molecule has 134 valence electrons. The Morgan fingerprint density at radius 3 is 2.23 bits per heavy atom. The number of hydrogen-bond acceptors (Lipinski definition) is 4. The Hall–Kier alpha value is -3.01. The maximum atomic E-state index is 12.2. The van der Waals surface area contributed by atoms with Crippen molar-refractivity contribution in [1.29, 1.82) is 0 Å². The molecule has 0 aliphatic heterocycles. The lowest BCUT2D eigenvalue weighted by atomic mass is 9.95. The van der Waals surface area contributed by atoms with Gasteiger partial charge < -0.3 is 14.2 Å². The highest BCUT2D eigenvalue weighted by Gasteiger charge is 2.12. The van der Waals surface area contributed by atoms with Crippen LogP contribution in [-0.4, -0.2) is 26.8 Å². The van der Waals surface area contributed by atoms with Crippen molar-refractivity contribution in [3.8, 4) is 11.5 Å². The quantitative estimate of drug-likeness (QED) is 0.608. The smallest absolute Gasteiger partial charge is 0.338 e. The third-order valence-electron chi connectivity index (χ3n) is 4.31. The SMILES string of the molecule is CCOC(=O)c1cc(Cc2ccc(OC)cc2)c2cc(OC)ccc2c1. The van der Waals surface area contributed by atoms with Crippen LogP contribution in [0.25, 0.3) is 10.8 Å². The van der Waals surface area contributed by atoms with Crippen LogP contribution < -0.4 is 9.47 Å². The largest absolute Gasteiger partial charge is 0.497 e. The minimum absolute atomic E-state index is 0.304. The monoisotopic (exact) mass is 350 g/mol. The van der Waals surface area contributed by atoms with Crippen molar-refractivity contribution >= 4 is 16.7 Å². The highest BCUT2D eigenvalue weighted by Crippen LogP contribution is 2.28. The molecule has 0 saturated heterocycles. The highest BCUT2D eigenvalue weighted by molar-refractivity contribution is 5.97. The van der Waals surface area contributed by atoms with Crippen LogP contribution in [0.2, 0.25) is 0 Å². The fraction of sp³-hybridized carbons (Fsp3) is 0.227. The third-order valence-corrected chi connectivity index (χ3v) is 4.31. The Morgan fingerprint density at radius 2 is 1.58 bits per heavy atom. The molecule has 0 atom stereocenters. The summed E-state index contributed by atoms with van der Waals surface area (Å²) >= 11 is 0. The van der Waals surface area contributed by atoms with E-state index in [1.165, 1.54) is 0 Å². The lowest BCUT2D eigenvalue weighted by molar-refractivity contribution is 0.0526. The van der Waals surface area contributed by atoms with Crippen LogP contribution in [0.5, 0.6) is 11.5 Å². The molecular weight excluding hydrogens is 328 g/mol. The molecule has 0 amide bonds. The van der Waals surface area contributed by atoms with Crippen molar-refractivity contribution in [3.05, 3.63) is 71.3 Å². The second-order valence-electron chi connectivity index (χ2n) is 5.97. The number of fused-ring (bicyclic) bond motifs is 1. The zero-order chi connectivity index (χ0) is 18.5. The molecule has 3 aromatic carbocycles. The average molecular weight is 350 g/mol. The van der Waals surface area contributed by atoms with Gasteiger partial charge in [-0.3, -0.25) is 0 Å². The van der Waals surface area contributed by atoms with Gasteiger partial charge in [-0.05, 0) is 71.6 Å². The summed E-state index contributed by atoms with van der Waals surface area (Å²) < 4.78 is 15.8. The molecule has 0 N–H and O–H groups in total. The normalized spacial score (nSPS) is 10.6. The Kier molecular flexibility index (Phi) is 5.42. The van der Waals surface area contributed by atoms with Gasteiger partial charge in [0.1, 0.15) is 11.5 Å². The van der Waals surface area contributed by atoms with Crippen LogP contribution in [0.3, 0.4) is 0 Å². The first-order valence-electron chi connectivity index (χ1n) is 8.55. The summed E-state index contributed by atoms with van der Waals surface area (Å²) in [6.45, 7) is 2.16. The lowest BCUT2D eigenvalue weighted by Crippen LogP contribution is -2.06. The predicted octanol–water partition coefficient (Wildman–Crippen LogP) is 4.62. The van der Waals surface area contributed by atoms with Gasteiger partial charge in [0.05, 0.1) is 26.4 Å². The second-order valence-corrected chi connectivity index (χ2v) is 5.97. The van der Waals surface area contributed by atoms with Crippen LogP contribution in [0.15, 0.2) is 54.6 Å². The third kappa shape index (κ3) is 3.80. The summed E-state index contributed by atoms with van der Waals surface area (Å²) in [5, 5.41) is 2.05. The summed E-state index contributed by atoms with van der Waals surface area (Å²) in [5.41, 5.74) is 2.75. The van der Waals surface area contributed by atoms with Crippen LogP contribution in [0.1, 0.15) is 28.4 Å². The van der Waals surface area contributed by atoms with E-state index in [1.807, 2.05) is 61.5 Å². The van der Waals surface area contributed by atoms with E-state index in [0.717, 1.165) is 33.4 Å². The Bertz CT molecular complexity index is 913. The van der Waals surface area contributed by atoms with Crippen LogP contribution in [0.4, 0.5) is 0 Å². The van der Waals surface area contributed by atoms with Gasteiger partial charge in [-0.2, -0.15) is 0 Å². The molecule has 0 aliphatic rings. The first-order chi connectivity index (χ1) is 12.6. The summed E-state index contributed by atoms with van der Waals surface area (Å²) in [6, 6.07) is 17.6. The molecule has 0 heterocycles. The van der Waals surface area contributed by atoms with Gasteiger partial charge in [-0.15, -0.1) is 0 Å². The number of ether oxygens (including phenoxy) is 3. The van der Waals surface area contributed by atoms with Crippen LogP contribution >= 0.6 is 0 Å². The Labute approximate surface area is 153 Å². The summed E-state index contributed by atoms with van der Waals surface area (Å²) in [5.74, 6) is 1.30. The Morgan fingerprint density at radius 1 is 0.885 bits per heavy atom. The van der Waals surface area contributed by atoms with E-state index in [4.69, 9.17) is 14.2 Å². The first kappa shape index (κ1) is 17.8. The van der Waals surface area contributed by atoms with Gasteiger partial charge in [0, 0.05) is 0 Å². The predicted molar refractivity (Wildman–Crippen MR) is 102 cm³/mol. The minimum atomic E-state index is -0.304. The summed E-state index contributed by atoms with van der Waals surface area (Å²) in [4.78, 5) is 12.2. The molecule has 0 radical (unpaired) electrons. The fourth-order valence-corrected chi connectivity index (χ4v) is 2.98. The van der Waals surface area contributed by atoms with Gasteiger partial charge in [0.25, 0.3) is 0 Å². The summed E-state index contributed by atoms with van der Waals surface area (Å²) in [7, 11) is 3.30. The molecule has 0 bridgehead atoms. The molecule has 26 heavy (non-hydrogen) atoms. The molecule has 3 aromatic rings. The van der Waals surface area contributed by atoms with Gasteiger partial charge in [-0.1, -0.05) is 18.2 Å². The van der Waals surface area contributed by atoms with Gasteiger partial charge in [0.15, 0.2) is 0 Å². The highest BCUT2D eigenvalue weighted by atomic mass is 16.5. The van der Waals surface area contributed by atoms with E-state index in [9.17, 15) is 4.79 Å². The standard InChI is InChI=1S/C22H22O4/c1-4-26-22(23)18-12-16-7-10-20(25-3)14-21(16)17(13-18)11-15-5-8-19(24-2)9-6-15/h5-10,12-14H,4,11H2,1-3H3. The van der Waals surface area contributed by atoms with E-state index in [-0.39, 0.29) is 5.97 Å². The van der Waals surface area contributed by atoms with Crippen molar-refractivity contribution in [1.82, 2.24) is 0 Å². The van der Waals surface area contributed by atoms with Crippen molar-refractivity contribution < 1.29 is 19.0 Å². The van der Waals surface area contributed by atoms with E-state index < -0.39 is 0 Å². The van der Waals surface area contributed by atoms with Crippen LogP contribution in [-0.2, 0) is 11.2 Å². The van der Waals surface area contributed by atoms with Gasteiger partial charge >= 0.3 is 5.97 Å². The lowest BCUT2D eigenvalue weighted by Gasteiger charge is -2.12. The molecule has 0 aliphatic carbocycles. The number of carbonyl (C=O) groups is 1.